The number of halogens is 1. The van der Waals surface area contributed by atoms with Gasteiger partial charge in [0, 0.05) is 23.1 Å². The normalized spacial score (nSPS) is 17.2. The Bertz CT molecular complexity index is 885. The van der Waals surface area contributed by atoms with Gasteiger partial charge in [0.15, 0.2) is 0 Å². The number of amides is 1. The SMILES string of the molecule is Cc1ccccc1[C@H]1CC(=O)NC(SCc2ccccc2Cl)=C1C#N. The van der Waals surface area contributed by atoms with E-state index in [-0.39, 0.29) is 11.8 Å². The van der Waals surface area contributed by atoms with Crippen LogP contribution in [0.4, 0.5) is 0 Å². The molecule has 0 aliphatic carbocycles. The Hall–Kier alpha value is -2.22. The molecule has 0 bridgehead atoms. The first kappa shape index (κ1) is 17.6. The smallest absolute Gasteiger partial charge is 0.225 e. The fraction of sp³-hybridized carbons (Fsp3) is 0.200. The number of allylic oxidation sites excluding steroid dienone is 1. The molecule has 5 heteroatoms. The van der Waals surface area contributed by atoms with Gasteiger partial charge in [-0.1, -0.05) is 54.1 Å². The van der Waals surface area contributed by atoms with E-state index in [0.29, 0.717) is 27.8 Å². The van der Waals surface area contributed by atoms with E-state index in [4.69, 9.17) is 11.6 Å². The highest BCUT2D eigenvalue weighted by Gasteiger charge is 2.30. The summed E-state index contributed by atoms with van der Waals surface area (Å²) in [6.07, 6.45) is 0.296. The number of nitriles is 1. The standard InChI is InChI=1S/C20H17ClN2OS/c1-13-6-2-4-8-15(13)16-10-19(24)23-20(17(16)11-22)25-12-14-7-3-5-9-18(14)21/h2-9,16H,10,12H2,1H3,(H,23,24)/t16-/m1/s1. The van der Waals surface area contributed by atoms with E-state index < -0.39 is 0 Å². The number of nitrogens with zero attached hydrogens (tertiary/aromatic N) is 1. The second-order valence-electron chi connectivity index (χ2n) is 5.90. The van der Waals surface area contributed by atoms with Crippen LogP contribution in [0.3, 0.4) is 0 Å². The molecular formula is C20H17ClN2OS. The predicted octanol–water partition coefficient (Wildman–Crippen LogP) is 4.92. The molecule has 25 heavy (non-hydrogen) atoms. The number of rotatable bonds is 4. The molecule has 0 saturated carbocycles. The van der Waals surface area contributed by atoms with Crippen molar-refractivity contribution in [1.82, 2.24) is 5.32 Å². The number of benzene rings is 2. The Balaban J connectivity index is 1.92. The van der Waals surface area contributed by atoms with Crippen molar-refractivity contribution in [3.05, 3.63) is 80.8 Å². The lowest BCUT2D eigenvalue weighted by Gasteiger charge is -2.26. The molecule has 126 valence electrons. The fourth-order valence-corrected chi connectivity index (χ4v) is 4.30. The Morgan fingerprint density at radius 3 is 2.68 bits per heavy atom. The molecule has 3 nitrogen and oxygen atoms in total. The van der Waals surface area contributed by atoms with Gasteiger partial charge in [0.05, 0.1) is 16.7 Å². The lowest BCUT2D eigenvalue weighted by Crippen LogP contribution is -2.31. The Morgan fingerprint density at radius 2 is 1.96 bits per heavy atom. The van der Waals surface area contributed by atoms with E-state index in [1.807, 2.05) is 55.5 Å². The summed E-state index contributed by atoms with van der Waals surface area (Å²) in [5.74, 6) is 0.337. The van der Waals surface area contributed by atoms with E-state index >= 15 is 0 Å². The van der Waals surface area contributed by atoms with E-state index in [2.05, 4.69) is 11.4 Å². The first-order valence-electron chi connectivity index (χ1n) is 7.96. The van der Waals surface area contributed by atoms with Gasteiger partial charge in [-0.05, 0) is 29.7 Å². The van der Waals surface area contributed by atoms with Crippen LogP contribution in [-0.4, -0.2) is 5.91 Å². The molecule has 1 atom stereocenters. The third-order valence-corrected chi connectivity index (χ3v) is 5.68. The monoisotopic (exact) mass is 368 g/mol. The van der Waals surface area contributed by atoms with Gasteiger partial charge in [-0.3, -0.25) is 4.79 Å². The summed E-state index contributed by atoms with van der Waals surface area (Å²) >= 11 is 7.65. The summed E-state index contributed by atoms with van der Waals surface area (Å²) in [6, 6.07) is 17.8. The lowest BCUT2D eigenvalue weighted by molar-refractivity contribution is -0.120. The number of carbonyl (C=O) groups is 1. The van der Waals surface area contributed by atoms with Crippen molar-refractivity contribution in [1.29, 1.82) is 5.26 Å². The minimum absolute atomic E-state index is 0.0612. The topological polar surface area (TPSA) is 52.9 Å². The number of hydrogen-bond donors (Lipinski definition) is 1. The first-order chi connectivity index (χ1) is 12.1. The highest BCUT2D eigenvalue weighted by Crippen LogP contribution is 2.38. The van der Waals surface area contributed by atoms with Gasteiger partial charge in [0.2, 0.25) is 5.91 Å². The summed E-state index contributed by atoms with van der Waals surface area (Å²) in [5, 5.41) is 13.9. The molecular weight excluding hydrogens is 352 g/mol. The minimum Gasteiger partial charge on any atom is -0.320 e. The minimum atomic E-state index is -0.200. The van der Waals surface area contributed by atoms with Gasteiger partial charge in [-0.25, -0.2) is 0 Å². The van der Waals surface area contributed by atoms with E-state index in [1.54, 1.807) is 0 Å². The predicted molar refractivity (Wildman–Crippen MR) is 102 cm³/mol. The lowest BCUT2D eigenvalue weighted by atomic mass is 9.85. The van der Waals surface area contributed by atoms with Crippen molar-refractivity contribution in [2.75, 3.05) is 0 Å². The second-order valence-corrected chi connectivity index (χ2v) is 7.29. The average Bonchev–Trinajstić information content (AvgIpc) is 2.61. The van der Waals surface area contributed by atoms with E-state index in [1.165, 1.54) is 11.8 Å². The van der Waals surface area contributed by atoms with Crippen LogP contribution in [0.2, 0.25) is 5.02 Å². The molecule has 1 aliphatic heterocycles. The molecule has 2 aromatic rings. The maximum Gasteiger partial charge on any atom is 0.225 e. The fourth-order valence-electron chi connectivity index (χ4n) is 2.94. The van der Waals surface area contributed by atoms with Crippen molar-refractivity contribution in [2.24, 2.45) is 0 Å². The molecule has 1 heterocycles. The van der Waals surface area contributed by atoms with Crippen LogP contribution in [0, 0.1) is 18.3 Å². The van der Waals surface area contributed by atoms with E-state index in [0.717, 1.165) is 16.7 Å². The van der Waals surface area contributed by atoms with Gasteiger partial charge in [0.25, 0.3) is 0 Å². The molecule has 3 rings (SSSR count). The third-order valence-electron chi connectivity index (χ3n) is 4.25. The highest BCUT2D eigenvalue weighted by molar-refractivity contribution is 8.02. The molecule has 0 spiro atoms. The highest BCUT2D eigenvalue weighted by atomic mass is 35.5. The van der Waals surface area contributed by atoms with Crippen LogP contribution in [0.15, 0.2) is 59.1 Å². The number of aryl methyl sites for hydroxylation is 1. The molecule has 0 unspecified atom stereocenters. The molecule has 1 N–H and O–H groups in total. The summed E-state index contributed by atoms with van der Waals surface area (Å²) < 4.78 is 0. The van der Waals surface area contributed by atoms with Crippen molar-refractivity contribution in [3.8, 4) is 6.07 Å². The molecule has 1 amide bonds. The molecule has 1 aliphatic rings. The quantitative estimate of drug-likeness (QED) is 0.833. The van der Waals surface area contributed by atoms with Crippen LogP contribution >= 0.6 is 23.4 Å². The van der Waals surface area contributed by atoms with Gasteiger partial charge in [-0.2, -0.15) is 5.26 Å². The maximum absolute atomic E-state index is 12.2. The van der Waals surface area contributed by atoms with Crippen molar-refractivity contribution in [2.45, 2.75) is 25.0 Å². The molecule has 0 radical (unpaired) electrons. The Morgan fingerprint density at radius 1 is 1.24 bits per heavy atom. The van der Waals surface area contributed by atoms with Crippen LogP contribution in [0.1, 0.15) is 29.0 Å². The largest absolute Gasteiger partial charge is 0.320 e. The number of thioether (sulfide) groups is 1. The zero-order chi connectivity index (χ0) is 17.8. The van der Waals surface area contributed by atoms with Crippen LogP contribution < -0.4 is 5.32 Å². The number of nitrogens with one attached hydrogen (secondary N) is 1. The van der Waals surface area contributed by atoms with Crippen molar-refractivity contribution in [3.63, 3.8) is 0 Å². The third kappa shape index (κ3) is 3.89. The van der Waals surface area contributed by atoms with Gasteiger partial charge in [-0.15, -0.1) is 11.8 Å². The Kier molecular flexibility index (Phi) is 5.47. The van der Waals surface area contributed by atoms with Crippen LogP contribution in [-0.2, 0) is 10.5 Å². The summed E-state index contributed by atoms with van der Waals surface area (Å²) in [7, 11) is 0. The molecule has 0 fully saturated rings. The first-order valence-corrected chi connectivity index (χ1v) is 9.32. The average molecular weight is 369 g/mol. The molecule has 0 aromatic heterocycles. The second kappa shape index (κ2) is 7.77. The Labute approximate surface area is 156 Å². The van der Waals surface area contributed by atoms with Crippen molar-refractivity contribution < 1.29 is 4.79 Å². The summed E-state index contributed by atoms with van der Waals surface area (Å²) in [4.78, 5) is 12.2. The van der Waals surface area contributed by atoms with Gasteiger partial charge < -0.3 is 5.32 Å². The number of hydrogen-bond acceptors (Lipinski definition) is 3. The molecule has 0 saturated heterocycles. The van der Waals surface area contributed by atoms with Gasteiger partial charge >= 0.3 is 0 Å². The van der Waals surface area contributed by atoms with E-state index in [9.17, 15) is 10.1 Å². The van der Waals surface area contributed by atoms with Gasteiger partial charge in [0.1, 0.15) is 0 Å². The summed E-state index contributed by atoms with van der Waals surface area (Å²) in [6.45, 7) is 2.01. The van der Waals surface area contributed by atoms with Crippen LogP contribution in [0.25, 0.3) is 0 Å². The summed E-state index contributed by atoms with van der Waals surface area (Å²) in [5.41, 5.74) is 3.72. The van der Waals surface area contributed by atoms with Crippen LogP contribution in [0.5, 0.6) is 0 Å². The van der Waals surface area contributed by atoms with Crippen molar-refractivity contribution >= 4 is 29.3 Å². The zero-order valence-corrected chi connectivity index (χ0v) is 15.3. The maximum atomic E-state index is 12.2. The number of carbonyl (C=O) groups excluding carboxylic acids is 1. The molecule has 2 aromatic carbocycles. The zero-order valence-electron chi connectivity index (χ0n) is 13.8.